The van der Waals surface area contributed by atoms with Gasteiger partial charge >= 0.3 is 0 Å². The minimum Gasteiger partial charge on any atom is -0.289 e. The van der Waals surface area contributed by atoms with Gasteiger partial charge in [0, 0.05) is 6.54 Å². The van der Waals surface area contributed by atoms with Gasteiger partial charge in [-0.1, -0.05) is 42.2 Å². The lowest BCUT2D eigenvalue weighted by molar-refractivity contribution is -0.121. The molecule has 1 fully saturated rings. The van der Waals surface area contributed by atoms with E-state index in [1.54, 1.807) is 24.3 Å². The third-order valence-electron chi connectivity index (χ3n) is 2.35. The highest BCUT2D eigenvalue weighted by atomic mass is 32.2. The Morgan fingerprint density at radius 3 is 2.67 bits per heavy atom. The first-order valence-corrected chi connectivity index (χ1v) is 6.46. The first kappa shape index (κ1) is 13.0. The lowest BCUT2D eigenvalue weighted by atomic mass is 10.2. The van der Waals surface area contributed by atoms with E-state index in [0.29, 0.717) is 15.8 Å². The zero-order valence-electron chi connectivity index (χ0n) is 9.43. The Balaban J connectivity index is 2.24. The normalized spacial score (nSPS) is 17.6. The van der Waals surface area contributed by atoms with Crippen LogP contribution in [0.25, 0.3) is 6.08 Å². The van der Waals surface area contributed by atoms with Gasteiger partial charge in [-0.25, -0.2) is 4.39 Å². The summed E-state index contributed by atoms with van der Waals surface area (Å²) in [6.45, 7) is 4.00. The minimum atomic E-state index is -0.300. The van der Waals surface area contributed by atoms with Crippen LogP contribution in [0.4, 0.5) is 4.39 Å². The monoisotopic (exact) mass is 279 g/mol. The molecule has 18 heavy (non-hydrogen) atoms. The molecule has 0 unspecified atom stereocenters. The second kappa shape index (κ2) is 5.46. The van der Waals surface area contributed by atoms with Crippen molar-refractivity contribution in [1.29, 1.82) is 0 Å². The highest BCUT2D eigenvalue weighted by Crippen LogP contribution is 2.32. The number of carbonyl (C=O) groups excluding carboxylic acids is 1. The molecule has 1 heterocycles. The highest BCUT2D eigenvalue weighted by molar-refractivity contribution is 8.26. The van der Waals surface area contributed by atoms with Gasteiger partial charge in [-0.3, -0.25) is 9.69 Å². The van der Waals surface area contributed by atoms with Crippen molar-refractivity contribution in [2.45, 2.75) is 0 Å². The van der Waals surface area contributed by atoms with Crippen LogP contribution < -0.4 is 0 Å². The molecular formula is C13H10FNOS2. The maximum absolute atomic E-state index is 12.8. The van der Waals surface area contributed by atoms with E-state index in [1.165, 1.54) is 28.8 Å². The molecule has 0 radical (unpaired) electrons. The number of rotatable bonds is 3. The maximum Gasteiger partial charge on any atom is 0.266 e. The van der Waals surface area contributed by atoms with Crippen LogP contribution in [0, 0.1) is 5.82 Å². The van der Waals surface area contributed by atoms with Gasteiger partial charge in [0.1, 0.15) is 10.1 Å². The van der Waals surface area contributed by atoms with Crippen molar-refractivity contribution in [1.82, 2.24) is 4.90 Å². The Kier molecular flexibility index (Phi) is 3.93. The summed E-state index contributed by atoms with van der Waals surface area (Å²) in [7, 11) is 0. The van der Waals surface area contributed by atoms with Gasteiger partial charge in [-0.05, 0) is 23.8 Å². The average molecular weight is 279 g/mol. The Hall–Kier alpha value is -1.46. The molecular weight excluding hydrogens is 269 g/mol. The molecule has 2 rings (SSSR count). The predicted molar refractivity (Wildman–Crippen MR) is 76.5 cm³/mol. The van der Waals surface area contributed by atoms with E-state index in [9.17, 15) is 9.18 Å². The third-order valence-corrected chi connectivity index (χ3v) is 3.73. The van der Waals surface area contributed by atoms with Crippen LogP contribution >= 0.6 is 24.0 Å². The first-order chi connectivity index (χ1) is 8.61. The van der Waals surface area contributed by atoms with Gasteiger partial charge in [0.25, 0.3) is 5.91 Å². The second-order valence-electron chi connectivity index (χ2n) is 3.63. The fourth-order valence-electron chi connectivity index (χ4n) is 1.50. The van der Waals surface area contributed by atoms with Crippen LogP contribution in [0.5, 0.6) is 0 Å². The van der Waals surface area contributed by atoms with Gasteiger partial charge in [0.2, 0.25) is 0 Å². The van der Waals surface area contributed by atoms with Gasteiger partial charge < -0.3 is 0 Å². The van der Waals surface area contributed by atoms with Crippen molar-refractivity contribution >= 4 is 40.3 Å². The molecule has 0 bridgehead atoms. The molecule has 92 valence electrons. The lowest BCUT2D eigenvalue weighted by Gasteiger charge is -2.10. The van der Waals surface area contributed by atoms with Crippen LogP contribution in [-0.2, 0) is 4.79 Å². The Labute approximate surface area is 114 Å². The van der Waals surface area contributed by atoms with Crippen LogP contribution in [0.15, 0.2) is 41.8 Å². The number of thioether (sulfide) groups is 1. The summed E-state index contributed by atoms with van der Waals surface area (Å²) in [6, 6.07) is 5.96. The molecule has 0 N–H and O–H groups in total. The molecule has 1 aromatic rings. The van der Waals surface area contributed by atoms with Crippen molar-refractivity contribution in [3.05, 3.63) is 53.2 Å². The van der Waals surface area contributed by atoms with Crippen molar-refractivity contribution in [2.24, 2.45) is 0 Å². The van der Waals surface area contributed by atoms with Crippen LogP contribution in [-0.4, -0.2) is 21.7 Å². The summed E-state index contributed by atoms with van der Waals surface area (Å²) >= 11 is 6.36. The molecule has 0 aromatic heterocycles. The zero-order chi connectivity index (χ0) is 13.1. The van der Waals surface area contributed by atoms with E-state index >= 15 is 0 Å². The SMILES string of the molecule is C=CCN1C(=O)C(=Cc2ccc(F)cc2)SC1=S. The summed E-state index contributed by atoms with van der Waals surface area (Å²) in [5.74, 6) is -0.430. The molecule has 1 aliphatic heterocycles. The molecule has 0 aliphatic carbocycles. The Morgan fingerprint density at radius 2 is 2.06 bits per heavy atom. The summed E-state index contributed by atoms with van der Waals surface area (Å²) < 4.78 is 13.3. The smallest absolute Gasteiger partial charge is 0.266 e. The summed E-state index contributed by atoms with van der Waals surface area (Å²) in [5.41, 5.74) is 0.774. The Bertz CT molecular complexity index is 536. The van der Waals surface area contributed by atoms with Gasteiger partial charge in [0.15, 0.2) is 0 Å². The quantitative estimate of drug-likeness (QED) is 0.481. The number of carbonyl (C=O) groups is 1. The molecule has 1 aromatic carbocycles. The van der Waals surface area contributed by atoms with Crippen LogP contribution in [0.1, 0.15) is 5.56 Å². The number of thiocarbonyl (C=S) groups is 1. The molecule has 2 nitrogen and oxygen atoms in total. The number of benzene rings is 1. The van der Waals surface area contributed by atoms with Crippen LogP contribution in [0.2, 0.25) is 0 Å². The summed E-state index contributed by atoms with van der Waals surface area (Å²) in [4.78, 5) is 14.0. The van der Waals surface area contributed by atoms with E-state index < -0.39 is 0 Å². The summed E-state index contributed by atoms with van der Waals surface area (Å²) in [5, 5.41) is 0. The predicted octanol–water partition coefficient (Wildman–Crippen LogP) is 3.21. The van der Waals surface area contributed by atoms with E-state index in [-0.39, 0.29) is 11.7 Å². The van der Waals surface area contributed by atoms with Crippen LogP contribution in [0.3, 0.4) is 0 Å². The molecule has 1 amide bonds. The van der Waals surface area contributed by atoms with Crippen molar-refractivity contribution in [2.75, 3.05) is 6.54 Å². The highest BCUT2D eigenvalue weighted by Gasteiger charge is 2.30. The lowest BCUT2D eigenvalue weighted by Crippen LogP contribution is -2.27. The molecule has 5 heteroatoms. The van der Waals surface area contributed by atoms with E-state index in [2.05, 4.69) is 6.58 Å². The van der Waals surface area contributed by atoms with E-state index in [1.807, 2.05) is 0 Å². The topological polar surface area (TPSA) is 20.3 Å². The van der Waals surface area contributed by atoms with Gasteiger partial charge in [-0.15, -0.1) is 6.58 Å². The standard InChI is InChI=1S/C13H10FNOS2/c1-2-7-15-12(16)11(18-13(15)17)8-9-3-5-10(14)6-4-9/h2-6,8H,1,7H2. The van der Waals surface area contributed by atoms with Crippen molar-refractivity contribution in [3.8, 4) is 0 Å². The third kappa shape index (κ3) is 2.68. The molecule has 0 saturated carbocycles. The van der Waals surface area contributed by atoms with E-state index in [4.69, 9.17) is 12.2 Å². The maximum atomic E-state index is 12.8. The van der Waals surface area contributed by atoms with Crippen molar-refractivity contribution < 1.29 is 9.18 Å². The number of hydrogen-bond donors (Lipinski definition) is 0. The largest absolute Gasteiger partial charge is 0.289 e. The zero-order valence-corrected chi connectivity index (χ0v) is 11.1. The number of hydrogen-bond acceptors (Lipinski definition) is 3. The molecule has 1 saturated heterocycles. The minimum absolute atomic E-state index is 0.130. The number of nitrogens with zero attached hydrogens (tertiary/aromatic N) is 1. The van der Waals surface area contributed by atoms with Gasteiger partial charge in [-0.2, -0.15) is 0 Å². The first-order valence-electron chi connectivity index (χ1n) is 5.23. The fraction of sp³-hybridized carbons (Fsp3) is 0.0769. The second-order valence-corrected chi connectivity index (χ2v) is 5.31. The fourth-order valence-corrected chi connectivity index (χ4v) is 2.77. The number of amides is 1. The average Bonchev–Trinajstić information content (AvgIpc) is 2.60. The van der Waals surface area contributed by atoms with E-state index in [0.717, 1.165) is 5.56 Å². The molecule has 1 aliphatic rings. The molecule has 0 atom stereocenters. The number of halogens is 1. The van der Waals surface area contributed by atoms with Gasteiger partial charge in [0.05, 0.1) is 4.91 Å². The van der Waals surface area contributed by atoms with Crippen molar-refractivity contribution in [3.63, 3.8) is 0 Å². The molecule has 0 spiro atoms. The Morgan fingerprint density at radius 1 is 1.39 bits per heavy atom. The summed E-state index contributed by atoms with van der Waals surface area (Å²) in [6.07, 6.45) is 3.34.